The smallest absolute Gasteiger partial charge is 0.148 e. The van der Waals surface area contributed by atoms with Gasteiger partial charge in [-0.1, -0.05) is 182 Å². The van der Waals surface area contributed by atoms with Gasteiger partial charge in [-0.3, -0.25) is 0 Å². The first-order valence-corrected chi connectivity index (χ1v) is 17.2. The number of hydrogen-bond donors (Lipinski definition) is 1. The van der Waals surface area contributed by atoms with Crippen molar-refractivity contribution in [1.29, 1.82) is 0 Å². The van der Waals surface area contributed by atoms with Crippen LogP contribution in [0.4, 0.5) is 0 Å². The SMILES string of the molecule is CC(O)(c1cn(C(c2ccccc2)(c2ccccc2)c2ccccc2)cn1)c1cn(C(c2ccccc2)(c2ccccc2)c2ccccc2)cn1. The fourth-order valence-electron chi connectivity index (χ4n) is 7.62. The first kappa shape index (κ1) is 31.9. The molecule has 0 radical (unpaired) electrons. The Labute approximate surface area is 298 Å². The lowest BCUT2D eigenvalue weighted by molar-refractivity contribution is 0.0932. The maximum Gasteiger partial charge on any atom is 0.148 e. The van der Waals surface area contributed by atoms with Gasteiger partial charge in [0.25, 0.3) is 0 Å². The summed E-state index contributed by atoms with van der Waals surface area (Å²) in [6.07, 6.45) is 7.59. The lowest BCUT2D eigenvalue weighted by atomic mass is 9.76. The van der Waals surface area contributed by atoms with Crippen molar-refractivity contribution < 1.29 is 5.11 Å². The van der Waals surface area contributed by atoms with Crippen LogP contribution in [-0.4, -0.2) is 24.2 Å². The molecule has 0 aliphatic rings. The Balaban J connectivity index is 1.30. The molecule has 2 heterocycles. The molecule has 0 saturated carbocycles. The molecular formula is C46H38N4O. The zero-order valence-electron chi connectivity index (χ0n) is 28.4. The van der Waals surface area contributed by atoms with Gasteiger partial charge in [0.15, 0.2) is 0 Å². The van der Waals surface area contributed by atoms with Gasteiger partial charge in [-0.2, -0.15) is 0 Å². The summed E-state index contributed by atoms with van der Waals surface area (Å²) in [4.78, 5) is 9.83. The Morgan fingerprint density at radius 1 is 0.373 bits per heavy atom. The molecule has 0 unspecified atom stereocenters. The summed E-state index contributed by atoms with van der Waals surface area (Å²) in [5.41, 5.74) is 4.41. The minimum atomic E-state index is -1.53. The van der Waals surface area contributed by atoms with Crippen LogP contribution in [-0.2, 0) is 16.7 Å². The van der Waals surface area contributed by atoms with Crippen molar-refractivity contribution in [2.75, 3.05) is 0 Å². The summed E-state index contributed by atoms with van der Waals surface area (Å²) < 4.78 is 4.24. The molecule has 8 aromatic rings. The van der Waals surface area contributed by atoms with Crippen LogP contribution in [0.15, 0.2) is 207 Å². The third-order valence-electron chi connectivity index (χ3n) is 10.1. The van der Waals surface area contributed by atoms with Crippen LogP contribution in [0.25, 0.3) is 0 Å². The van der Waals surface area contributed by atoms with E-state index in [4.69, 9.17) is 9.97 Å². The number of imidazole rings is 2. The van der Waals surface area contributed by atoms with Gasteiger partial charge in [-0.15, -0.1) is 0 Å². The first-order valence-electron chi connectivity index (χ1n) is 17.2. The molecule has 0 aliphatic carbocycles. The van der Waals surface area contributed by atoms with E-state index in [1.165, 1.54) is 0 Å². The van der Waals surface area contributed by atoms with Crippen molar-refractivity contribution in [2.45, 2.75) is 23.6 Å². The fraction of sp³-hybridized carbons (Fsp3) is 0.0870. The number of aliphatic hydroxyl groups is 1. The topological polar surface area (TPSA) is 55.9 Å². The van der Waals surface area contributed by atoms with E-state index < -0.39 is 16.7 Å². The lowest BCUT2D eigenvalue weighted by Gasteiger charge is -2.37. The summed E-state index contributed by atoms with van der Waals surface area (Å²) in [5, 5.41) is 12.5. The summed E-state index contributed by atoms with van der Waals surface area (Å²) in [5.74, 6) is 0. The molecule has 8 rings (SSSR count). The summed E-state index contributed by atoms with van der Waals surface area (Å²) in [7, 11) is 0. The monoisotopic (exact) mass is 662 g/mol. The molecule has 0 saturated heterocycles. The van der Waals surface area contributed by atoms with E-state index in [2.05, 4.69) is 155 Å². The Morgan fingerprint density at radius 3 is 0.804 bits per heavy atom. The Kier molecular flexibility index (Phi) is 8.26. The van der Waals surface area contributed by atoms with E-state index in [0.29, 0.717) is 11.4 Å². The third-order valence-corrected chi connectivity index (χ3v) is 10.1. The van der Waals surface area contributed by atoms with E-state index in [1.807, 2.05) is 61.4 Å². The average molecular weight is 663 g/mol. The van der Waals surface area contributed by atoms with Crippen LogP contribution in [0.1, 0.15) is 51.7 Å². The van der Waals surface area contributed by atoms with Crippen molar-refractivity contribution in [3.05, 3.63) is 252 Å². The van der Waals surface area contributed by atoms with Gasteiger partial charge in [0.05, 0.1) is 24.0 Å². The molecule has 0 aliphatic heterocycles. The normalized spacial score (nSPS) is 12.1. The van der Waals surface area contributed by atoms with Gasteiger partial charge in [0.2, 0.25) is 0 Å². The highest BCUT2D eigenvalue weighted by molar-refractivity contribution is 5.52. The minimum Gasteiger partial charge on any atom is -0.377 e. The number of rotatable bonds is 10. The number of benzene rings is 6. The molecule has 6 aromatic carbocycles. The van der Waals surface area contributed by atoms with E-state index in [-0.39, 0.29) is 0 Å². The molecule has 0 bridgehead atoms. The van der Waals surface area contributed by atoms with E-state index >= 15 is 0 Å². The van der Waals surface area contributed by atoms with Crippen LogP contribution >= 0.6 is 0 Å². The second-order valence-corrected chi connectivity index (χ2v) is 13.0. The molecule has 2 aromatic heterocycles. The third kappa shape index (κ3) is 5.30. The second kappa shape index (κ2) is 13.2. The average Bonchev–Trinajstić information content (AvgIpc) is 3.91. The highest BCUT2D eigenvalue weighted by atomic mass is 16.3. The molecule has 5 nitrogen and oxygen atoms in total. The first-order chi connectivity index (χ1) is 25.1. The summed E-state index contributed by atoms with van der Waals surface area (Å²) in [6.45, 7) is 1.77. The van der Waals surface area contributed by atoms with Crippen molar-refractivity contribution in [3.63, 3.8) is 0 Å². The molecule has 248 valence electrons. The lowest BCUT2D eigenvalue weighted by Crippen LogP contribution is -2.37. The molecule has 0 spiro atoms. The van der Waals surface area contributed by atoms with Crippen molar-refractivity contribution in [3.8, 4) is 0 Å². The quantitative estimate of drug-likeness (QED) is 0.149. The zero-order valence-corrected chi connectivity index (χ0v) is 28.4. The van der Waals surface area contributed by atoms with Gasteiger partial charge in [0.1, 0.15) is 16.7 Å². The number of aromatic nitrogens is 4. The highest BCUT2D eigenvalue weighted by Gasteiger charge is 2.42. The maximum absolute atomic E-state index is 12.5. The van der Waals surface area contributed by atoms with Crippen LogP contribution in [0.3, 0.4) is 0 Å². The number of hydrogen-bond acceptors (Lipinski definition) is 3. The summed E-state index contributed by atoms with van der Waals surface area (Å²) >= 11 is 0. The van der Waals surface area contributed by atoms with Crippen molar-refractivity contribution in [2.24, 2.45) is 0 Å². The van der Waals surface area contributed by atoms with Crippen LogP contribution in [0.2, 0.25) is 0 Å². The molecule has 0 amide bonds. The van der Waals surface area contributed by atoms with Crippen LogP contribution < -0.4 is 0 Å². The standard InChI is InChI=1S/C46H38N4O/c1-44(51,42-32-49(34-47-42)45(36-20-8-2-9-21-36,37-22-10-3-11-23-37)38-24-12-4-13-25-38)43-33-50(35-48-43)46(39-26-14-5-15-27-39,40-28-16-6-17-29-40)41-30-18-7-19-31-41/h2-35,51H,1H3. The molecule has 1 N–H and O–H groups in total. The Morgan fingerprint density at radius 2 is 0.588 bits per heavy atom. The van der Waals surface area contributed by atoms with Crippen molar-refractivity contribution in [1.82, 2.24) is 19.1 Å². The van der Waals surface area contributed by atoms with E-state index in [1.54, 1.807) is 6.92 Å². The van der Waals surface area contributed by atoms with E-state index in [9.17, 15) is 5.11 Å². The molecule has 5 heteroatoms. The van der Waals surface area contributed by atoms with Gasteiger partial charge >= 0.3 is 0 Å². The Hall–Kier alpha value is -6.30. The van der Waals surface area contributed by atoms with Crippen LogP contribution in [0.5, 0.6) is 0 Å². The summed E-state index contributed by atoms with van der Waals surface area (Å²) in [6, 6.07) is 62.8. The minimum absolute atomic E-state index is 0.490. The van der Waals surface area contributed by atoms with Gasteiger partial charge < -0.3 is 14.2 Å². The second-order valence-electron chi connectivity index (χ2n) is 13.0. The predicted molar refractivity (Wildman–Crippen MR) is 202 cm³/mol. The molecule has 51 heavy (non-hydrogen) atoms. The maximum atomic E-state index is 12.5. The van der Waals surface area contributed by atoms with Crippen molar-refractivity contribution >= 4 is 0 Å². The van der Waals surface area contributed by atoms with Gasteiger partial charge in [0, 0.05) is 12.4 Å². The zero-order chi connectivity index (χ0) is 34.7. The van der Waals surface area contributed by atoms with Crippen LogP contribution in [0, 0.1) is 0 Å². The largest absolute Gasteiger partial charge is 0.377 e. The fourth-order valence-corrected chi connectivity index (χ4v) is 7.62. The van der Waals surface area contributed by atoms with Gasteiger partial charge in [-0.05, 0) is 40.3 Å². The molecular weight excluding hydrogens is 625 g/mol. The predicted octanol–water partition coefficient (Wildman–Crippen LogP) is 9.02. The molecule has 0 fully saturated rings. The number of nitrogens with zero attached hydrogens (tertiary/aromatic N) is 4. The Bertz CT molecular complexity index is 1960. The van der Waals surface area contributed by atoms with E-state index in [0.717, 1.165) is 33.4 Å². The highest BCUT2D eigenvalue weighted by Crippen LogP contribution is 2.44. The molecule has 0 atom stereocenters. The van der Waals surface area contributed by atoms with Gasteiger partial charge in [-0.25, -0.2) is 9.97 Å².